The van der Waals surface area contributed by atoms with Gasteiger partial charge in [-0.05, 0) is 18.3 Å². The zero-order valence-corrected chi connectivity index (χ0v) is 8.10. The monoisotopic (exact) mass is 189 g/mol. The maximum atomic E-state index is 11.3. The van der Waals surface area contributed by atoms with Gasteiger partial charge in [0.05, 0.1) is 11.5 Å². The van der Waals surface area contributed by atoms with Crippen LogP contribution >= 0.6 is 0 Å². The summed E-state index contributed by atoms with van der Waals surface area (Å²) in [5.74, 6) is 2.04. The van der Waals surface area contributed by atoms with Gasteiger partial charge in [-0.1, -0.05) is 6.92 Å². The van der Waals surface area contributed by atoms with Crippen molar-refractivity contribution < 1.29 is 8.42 Å². The molecule has 1 aliphatic carbocycles. The zero-order chi connectivity index (χ0) is 8.77. The fourth-order valence-electron chi connectivity index (χ4n) is 2.00. The molecule has 2 aliphatic rings. The summed E-state index contributed by atoms with van der Waals surface area (Å²) in [6.45, 7) is 2.84. The van der Waals surface area contributed by atoms with Crippen molar-refractivity contribution in [3.05, 3.63) is 0 Å². The molecule has 0 radical (unpaired) electrons. The van der Waals surface area contributed by atoms with Gasteiger partial charge in [-0.2, -0.15) is 0 Å². The average molecular weight is 189 g/mol. The van der Waals surface area contributed by atoms with Crippen LogP contribution in [0.25, 0.3) is 0 Å². The molecule has 0 amide bonds. The predicted molar refractivity (Wildman–Crippen MR) is 47.7 cm³/mol. The molecule has 2 rings (SSSR count). The summed E-state index contributed by atoms with van der Waals surface area (Å²) in [5.41, 5.74) is 0. The zero-order valence-electron chi connectivity index (χ0n) is 7.29. The maximum absolute atomic E-state index is 11.3. The minimum atomic E-state index is -2.72. The molecule has 1 aliphatic heterocycles. The fraction of sp³-hybridized carbons (Fsp3) is 1.00. The highest BCUT2D eigenvalue weighted by Gasteiger charge is 2.42. The molecule has 3 unspecified atom stereocenters. The van der Waals surface area contributed by atoms with E-state index < -0.39 is 9.84 Å². The molecule has 0 spiro atoms. The Balaban J connectivity index is 2.00. The second kappa shape index (κ2) is 2.70. The Bertz CT molecular complexity index is 273. The molecule has 0 aromatic rings. The maximum Gasteiger partial charge on any atom is 0.153 e. The topological polar surface area (TPSA) is 46.2 Å². The molecule has 1 saturated carbocycles. The van der Waals surface area contributed by atoms with Crippen LogP contribution in [0.5, 0.6) is 0 Å². The number of sulfone groups is 1. The highest BCUT2D eigenvalue weighted by molar-refractivity contribution is 7.91. The highest BCUT2D eigenvalue weighted by Crippen LogP contribution is 2.41. The Morgan fingerprint density at radius 3 is 2.58 bits per heavy atom. The van der Waals surface area contributed by atoms with Crippen LogP contribution in [0.2, 0.25) is 0 Å². The number of hydrogen-bond acceptors (Lipinski definition) is 3. The summed E-state index contributed by atoms with van der Waals surface area (Å²) in [5, 5.41) is 3.29. The van der Waals surface area contributed by atoms with Crippen molar-refractivity contribution in [3.8, 4) is 0 Å². The van der Waals surface area contributed by atoms with Gasteiger partial charge in [0.1, 0.15) is 0 Å². The Morgan fingerprint density at radius 1 is 1.42 bits per heavy atom. The first-order valence-electron chi connectivity index (χ1n) is 4.52. The minimum absolute atomic E-state index is 0.249. The van der Waals surface area contributed by atoms with Crippen molar-refractivity contribution >= 4 is 9.84 Å². The van der Waals surface area contributed by atoms with Gasteiger partial charge in [0.25, 0.3) is 0 Å². The van der Waals surface area contributed by atoms with E-state index in [0.717, 1.165) is 5.92 Å². The number of nitrogens with one attached hydrogen (secondary N) is 1. The van der Waals surface area contributed by atoms with E-state index in [1.54, 1.807) is 0 Å². The first-order valence-corrected chi connectivity index (χ1v) is 6.34. The van der Waals surface area contributed by atoms with E-state index in [1.165, 1.54) is 6.42 Å². The number of rotatable bonds is 1. The fourth-order valence-corrected chi connectivity index (χ4v) is 3.51. The molecular weight excluding hydrogens is 174 g/mol. The lowest BCUT2D eigenvalue weighted by Gasteiger charge is -2.23. The largest absolute Gasteiger partial charge is 0.312 e. The summed E-state index contributed by atoms with van der Waals surface area (Å²) in [6.07, 6.45) is 1.20. The third kappa shape index (κ3) is 1.64. The van der Waals surface area contributed by atoms with Gasteiger partial charge in [-0.3, -0.25) is 0 Å². The smallest absolute Gasteiger partial charge is 0.153 e. The van der Waals surface area contributed by atoms with Gasteiger partial charge in [0.2, 0.25) is 0 Å². The standard InChI is InChI=1S/C8H15NO2S/c1-6-4-7(6)8-5-12(10,11)3-2-9-8/h6-9H,2-5H2,1H3. The second-order valence-electron chi connectivity index (χ2n) is 4.05. The molecule has 1 saturated heterocycles. The summed E-state index contributed by atoms with van der Waals surface area (Å²) >= 11 is 0. The molecule has 0 aromatic carbocycles. The Labute approximate surface area is 73.5 Å². The molecule has 12 heavy (non-hydrogen) atoms. The highest BCUT2D eigenvalue weighted by atomic mass is 32.2. The average Bonchev–Trinajstić information content (AvgIpc) is 2.64. The number of hydrogen-bond donors (Lipinski definition) is 1. The lowest BCUT2D eigenvalue weighted by molar-refractivity contribution is 0.466. The Morgan fingerprint density at radius 2 is 2.08 bits per heavy atom. The first-order chi connectivity index (χ1) is 5.58. The van der Waals surface area contributed by atoms with Crippen LogP contribution in [-0.4, -0.2) is 32.5 Å². The molecule has 1 N–H and O–H groups in total. The van der Waals surface area contributed by atoms with Crippen LogP contribution < -0.4 is 5.32 Å². The van der Waals surface area contributed by atoms with Gasteiger partial charge in [0.15, 0.2) is 9.84 Å². The summed E-state index contributed by atoms with van der Waals surface area (Å²) in [6, 6.07) is 0.249. The van der Waals surface area contributed by atoms with Crippen molar-refractivity contribution in [3.63, 3.8) is 0 Å². The molecule has 0 aromatic heterocycles. The molecule has 0 bridgehead atoms. The van der Waals surface area contributed by atoms with E-state index in [-0.39, 0.29) is 6.04 Å². The van der Waals surface area contributed by atoms with Crippen molar-refractivity contribution in [1.82, 2.24) is 5.32 Å². The Kier molecular flexibility index (Phi) is 1.92. The van der Waals surface area contributed by atoms with Crippen molar-refractivity contribution in [1.29, 1.82) is 0 Å². The van der Waals surface area contributed by atoms with Crippen molar-refractivity contribution in [2.75, 3.05) is 18.1 Å². The molecule has 3 atom stereocenters. The van der Waals surface area contributed by atoms with Gasteiger partial charge in [0, 0.05) is 12.6 Å². The summed E-state index contributed by atoms with van der Waals surface area (Å²) < 4.78 is 22.5. The quantitative estimate of drug-likeness (QED) is 0.633. The van der Waals surface area contributed by atoms with E-state index in [2.05, 4.69) is 12.2 Å². The van der Waals surface area contributed by atoms with E-state index in [0.29, 0.717) is 24.0 Å². The van der Waals surface area contributed by atoms with E-state index in [9.17, 15) is 8.42 Å². The van der Waals surface area contributed by atoms with E-state index in [4.69, 9.17) is 0 Å². The van der Waals surface area contributed by atoms with Crippen LogP contribution in [0.4, 0.5) is 0 Å². The molecular formula is C8H15NO2S. The second-order valence-corrected chi connectivity index (χ2v) is 6.28. The third-order valence-corrected chi connectivity index (χ3v) is 4.63. The molecule has 3 nitrogen and oxygen atoms in total. The lowest BCUT2D eigenvalue weighted by atomic mass is 10.2. The molecule has 70 valence electrons. The van der Waals surface area contributed by atoms with Gasteiger partial charge < -0.3 is 5.32 Å². The van der Waals surface area contributed by atoms with Crippen LogP contribution in [0, 0.1) is 11.8 Å². The minimum Gasteiger partial charge on any atom is -0.312 e. The summed E-state index contributed by atoms with van der Waals surface area (Å²) in [7, 11) is -2.72. The normalized spacial score (nSPS) is 45.6. The molecule has 2 fully saturated rings. The lowest BCUT2D eigenvalue weighted by Crippen LogP contribution is -2.46. The van der Waals surface area contributed by atoms with E-state index >= 15 is 0 Å². The van der Waals surface area contributed by atoms with Gasteiger partial charge >= 0.3 is 0 Å². The van der Waals surface area contributed by atoms with E-state index in [1.807, 2.05) is 0 Å². The molecule has 4 heteroatoms. The summed E-state index contributed by atoms with van der Waals surface area (Å²) in [4.78, 5) is 0. The third-order valence-electron chi connectivity index (χ3n) is 2.94. The van der Waals surface area contributed by atoms with Gasteiger partial charge in [-0.25, -0.2) is 8.42 Å². The van der Waals surface area contributed by atoms with Crippen LogP contribution in [-0.2, 0) is 9.84 Å². The predicted octanol–water partition coefficient (Wildman–Crippen LogP) is 0.0290. The van der Waals surface area contributed by atoms with Crippen LogP contribution in [0.15, 0.2) is 0 Å². The Hall–Kier alpha value is -0.0900. The van der Waals surface area contributed by atoms with Gasteiger partial charge in [-0.15, -0.1) is 0 Å². The van der Waals surface area contributed by atoms with Crippen molar-refractivity contribution in [2.24, 2.45) is 11.8 Å². The first kappa shape index (κ1) is 8.51. The van der Waals surface area contributed by atoms with Crippen molar-refractivity contribution in [2.45, 2.75) is 19.4 Å². The van der Waals surface area contributed by atoms with Crippen LogP contribution in [0.3, 0.4) is 0 Å². The SMILES string of the molecule is CC1CC1C1CS(=O)(=O)CCN1. The molecule has 1 heterocycles. The van der Waals surface area contributed by atoms with Crippen LogP contribution in [0.1, 0.15) is 13.3 Å².